The molecule has 1 heterocycles. The number of thioether (sulfide) groups is 1. The summed E-state index contributed by atoms with van der Waals surface area (Å²) in [4.78, 5) is 24.4. The van der Waals surface area contributed by atoms with Crippen molar-refractivity contribution in [1.29, 1.82) is 0 Å². The number of rotatable bonds is 4. The van der Waals surface area contributed by atoms with E-state index in [0.29, 0.717) is 15.9 Å². The lowest BCUT2D eigenvalue weighted by atomic mass is 9.99. The molecule has 2 fully saturated rings. The zero-order chi connectivity index (χ0) is 18.5. The van der Waals surface area contributed by atoms with Crippen molar-refractivity contribution >= 4 is 51.7 Å². The van der Waals surface area contributed by atoms with E-state index in [9.17, 15) is 9.59 Å². The van der Waals surface area contributed by atoms with Crippen LogP contribution in [0.15, 0.2) is 28.4 Å². The highest BCUT2D eigenvalue weighted by atomic mass is 35.5. The van der Waals surface area contributed by atoms with E-state index in [1.165, 1.54) is 18.2 Å². The Morgan fingerprint density at radius 2 is 2.08 bits per heavy atom. The summed E-state index contributed by atoms with van der Waals surface area (Å²) in [5, 5.41) is 14.4. The lowest BCUT2D eigenvalue weighted by Gasteiger charge is -2.10. The Labute approximate surface area is 161 Å². The molecule has 26 heavy (non-hydrogen) atoms. The Kier molecular flexibility index (Phi) is 6.32. The van der Waals surface area contributed by atoms with Crippen molar-refractivity contribution in [3.05, 3.63) is 28.8 Å². The minimum Gasteiger partial charge on any atom is -0.326 e. The summed E-state index contributed by atoms with van der Waals surface area (Å²) in [6.45, 7) is 1.89. The summed E-state index contributed by atoms with van der Waals surface area (Å²) in [6.07, 6.45) is 5.55. The third-order valence-corrected chi connectivity index (χ3v) is 5.64. The fourth-order valence-electron chi connectivity index (χ4n) is 2.86. The lowest BCUT2D eigenvalue weighted by Crippen LogP contribution is -2.28. The molecule has 8 heteroatoms. The Bertz CT molecular complexity index is 770. The van der Waals surface area contributed by atoms with E-state index in [-0.39, 0.29) is 18.2 Å². The van der Waals surface area contributed by atoms with E-state index in [0.717, 1.165) is 37.0 Å². The first kappa shape index (κ1) is 18.9. The van der Waals surface area contributed by atoms with Gasteiger partial charge < -0.3 is 10.6 Å². The van der Waals surface area contributed by atoms with E-state index in [4.69, 9.17) is 11.6 Å². The molecule has 6 nitrogen and oxygen atoms in total. The van der Waals surface area contributed by atoms with Gasteiger partial charge in [-0.2, -0.15) is 5.10 Å². The van der Waals surface area contributed by atoms with E-state index in [1.807, 2.05) is 13.0 Å². The van der Waals surface area contributed by atoms with Crippen molar-refractivity contribution < 1.29 is 9.59 Å². The molecule has 2 aliphatic rings. The van der Waals surface area contributed by atoms with Gasteiger partial charge in [-0.3, -0.25) is 9.59 Å². The number of carbonyl (C=O) groups excluding carboxylic acids is 2. The van der Waals surface area contributed by atoms with E-state index in [2.05, 4.69) is 20.8 Å². The molecule has 1 aromatic rings. The molecule has 2 N–H and O–H groups in total. The molecule has 1 saturated carbocycles. The molecule has 138 valence electrons. The average Bonchev–Trinajstić information content (AvgIpc) is 2.97. The minimum absolute atomic E-state index is 0.0675. The van der Waals surface area contributed by atoms with Gasteiger partial charge in [0.15, 0.2) is 5.17 Å². The molecule has 2 amide bonds. The predicted octanol–water partition coefficient (Wildman–Crippen LogP) is 3.88. The summed E-state index contributed by atoms with van der Waals surface area (Å²) < 4.78 is 0. The summed E-state index contributed by atoms with van der Waals surface area (Å²) >= 11 is 7.21. The molecule has 0 spiro atoms. The molecule has 1 aliphatic heterocycles. The molecule has 0 aromatic heterocycles. The van der Waals surface area contributed by atoms with Crippen LogP contribution < -0.4 is 10.6 Å². The van der Waals surface area contributed by atoms with Crippen LogP contribution in [-0.4, -0.2) is 27.9 Å². The van der Waals surface area contributed by atoms with Crippen LogP contribution in [0.2, 0.25) is 5.02 Å². The maximum Gasteiger partial charge on any atom is 0.240 e. The smallest absolute Gasteiger partial charge is 0.240 e. The number of amides is 2. The van der Waals surface area contributed by atoms with Crippen LogP contribution in [-0.2, 0) is 9.59 Å². The van der Waals surface area contributed by atoms with Gasteiger partial charge in [-0.05, 0) is 50.3 Å². The lowest BCUT2D eigenvalue weighted by molar-refractivity contribution is -0.122. The summed E-state index contributed by atoms with van der Waals surface area (Å²) in [5.41, 5.74) is 2.65. The summed E-state index contributed by atoms with van der Waals surface area (Å²) in [5.74, 6) is -0.446. The molecule has 1 saturated heterocycles. The zero-order valence-corrected chi connectivity index (χ0v) is 16.1. The van der Waals surface area contributed by atoms with Gasteiger partial charge in [-0.1, -0.05) is 35.9 Å². The number of hydrogen-bond acceptors (Lipinski definition) is 5. The minimum atomic E-state index is -0.500. The van der Waals surface area contributed by atoms with Crippen molar-refractivity contribution in [2.75, 3.05) is 5.32 Å². The van der Waals surface area contributed by atoms with Gasteiger partial charge in [-0.15, -0.1) is 5.10 Å². The predicted molar refractivity (Wildman–Crippen MR) is 107 cm³/mol. The first-order valence-electron chi connectivity index (χ1n) is 8.68. The summed E-state index contributed by atoms with van der Waals surface area (Å²) in [6, 6.07) is 5.30. The Hall–Kier alpha value is -1.86. The number of nitrogens with one attached hydrogen (secondary N) is 2. The van der Waals surface area contributed by atoms with Crippen molar-refractivity contribution in [3.63, 3.8) is 0 Å². The fourth-order valence-corrected chi connectivity index (χ4v) is 3.95. The number of hydrogen-bond donors (Lipinski definition) is 2. The van der Waals surface area contributed by atoms with Crippen molar-refractivity contribution in [1.82, 2.24) is 5.32 Å². The second kappa shape index (κ2) is 8.68. The molecule has 1 aromatic carbocycles. The second-order valence-corrected chi connectivity index (χ2v) is 8.07. The Morgan fingerprint density at radius 1 is 1.31 bits per heavy atom. The average molecular weight is 393 g/mol. The molecule has 3 rings (SSSR count). The highest BCUT2D eigenvalue weighted by Gasteiger charge is 2.32. The van der Waals surface area contributed by atoms with Gasteiger partial charge in [-0.25, -0.2) is 0 Å². The van der Waals surface area contributed by atoms with Gasteiger partial charge in [0.25, 0.3) is 0 Å². The highest BCUT2D eigenvalue weighted by Crippen LogP contribution is 2.25. The number of nitrogens with zero attached hydrogens (tertiary/aromatic N) is 2. The number of carbonyl (C=O) groups is 2. The van der Waals surface area contributed by atoms with Gasteiger partial charge in [0.05, 0.1) is 0 Å². The van der Waals surface area contributed by atoms with Crippen LogP contribution in [0.1, 0.15) is 44.1 Å². The van der Waals surface area contributed by atoms with Gasteiger partial charge in [0.1, 0.15) is 5.25 Å². The highest BCUT2D eigenvalue weighted by molar-refractivity contribution is 8.15. The van der Waals surface area contributed by atoms with Crippen molar-refractivity contribution in [2.45, 2.75) is 50.7 Å². The number of halogens is 1. The quantitative estimate of drug-likeness (QED) is 0.762. The Morgan fingerprint density at radius 3 is 2.85 bits per heavy atom. The van der Waals surface area contributed by atoms with Crippen LogP contribution in [0.3, 0.4) is 0 Å². The molecule has 1 aliphatic carbocycles. The molecular weight excluding hydrogens is 372 g/mol. The van der Waals surface area contributed by atoms with Crippen LogP contribution >= 0.6 is 23.4 Å². The molecule has 1 atom stereocenters. The topological polar surface area (TPSA) is 82.9 Å². The largest absolute Gasteiger partial charge is 0.326 e. The van der Waals surface area contributed by atoms with E-state index < -0.39 is 5.25 Å². The zero-order valence-electron chi connectivity index (χ0n) is 14.5. The monoisotopic (exact) mass is 392 g/mol. The number of benzene rings is 1. The Balaban J connectivity index is 1.57. The normalized spacial score (nSPS) is 21.6. The van der Waals surface area contributed by atoms with Gasteiger partial charge in [0.2, 0.25) is 11.8 Å². The maximum absolute atomic E-state index is 12.3. The first-order chi connectivity index (χ1) is 12.5. The third-order valence-electron chi connectivity index (χ3n) is 4.33. The molecule has 1 unspecified atom stereocenters. The maximum atomic E-state index is 12.3. The number of aryl methyl sites for hydroxylation is 1. The van der Waals surface area contributed by atoms with Crippen LogP contribution in [0.4, 0.5) is 5.69 Å². The van der Waals surface area contributed by atoms with Crippen LogP contribution in [0, 0.1) is 6.92 Å². The second-order valence-electron chi connectivity index (χ2n) is 6.44. The van der Waals surface area contributed by atoms with E-state index >= 15 is 0 Å². The van der Waals surface area contributed by atoms with Crippen LogP contribution in [0.25, 0.3) is 0 Å². The fraction of sp³-hybridized carbons (Fsp3) is 0.444. The van der Waals surface area contributed by atoms with Gasteiger partial charge in [0, 0.05) is 22.8 Å². The summed E-state index contributed by atoms with van der Waals surface area (Å²) in [7, 11) is 0. The molecule has 0 bridgehead atoms. The first-order valence-corrected chi connectivity index (χ1v) is 9.94. The van der Waals surface area contributed by atoms with Gasteiger partial charge >= 0.3 is 0 Å². The van der Waals surface area contributed by atoms with Crippen molar-refractivity contribution in [3.8, 4) is 0 Å². The number of amidine groups is 1. The SMILES string of the molecule is Cc1ccc(Cl)cc1NC(=O)CC1S/C(=N\N=C2CCCCC2)NC1=O. The van der Waals surface area contributed by atoms with Crippen LogP contribution in [0.5, 0.6) is 0 Å². The number of anilines is 1. The third kappa shape index (κ3) is 5.08. The molecule has 0 radical (unpaired) electrons. The molecular formula is C18H21ClN4O2S. The van der Waals surface area contributed by atoms with Crippen molar-refractivity contribution in [2.24, 2.45) is 10.2 Å². The standard InChI is InChI=1S/C18H21ClN4O2S/c1-11-7-8-12(19)9-14(11)20-16(24)10-15-17(25)21-18(26-15)23-22-13-5-3-2-4-6-13/h7-9,15H,2-6,10H2,1H3,(H,20,24)(H,21,23,25). The van der Waals surface area contributed by atoms with E-state index in [1.54, 1.807) is 12.1 Å².